The molecule has 1 aromatic carbocycles. The number of benzene rings is 1. The Morgan fingerprint density at radius 2 is 1.80 bits per heavy atom. The highest BCUT2D eigenvalue weighted by Crippen LogP contribution is 2.18. The lowest BCUT2D eigenvalue weighted by atomic mass is 10.0. The molecule has 0 unspecified atom stereocenters. The van der Waals surface area contributed by atoms with E-state index in [-0.39, 0.29) is 11.9 Å². The first kappa shape index (κ1) is 16.5. The van der Waals surface area contributed by atoms with E-state index in [1.807, 2.05) is 52.0 Å². The van der Waals surface area contributed by atoms with Gasteiger partial charge in [0.1, 0.15) is 11.4 Å². The van der Waals surface area contributed by atoms with Gasteiger partial charge in [-0.3, -0.25) is 4.79 Å². The minimum Gasteiger partial charge on any atom is -0.494 e. The van der Waals surface area contributed by atoms with Crippen molar-refractivity contribution < 1.29 is 14.3 Å². The average Bonchev–Trinajstić information content (AvgIpc) is 2.36. The molecule has 0 saturated heterocycles. The van der Waals surface area contributed by atoms with Crippen LogP contribution < -0.4 is 4.74 Å². The molecule has 0 aliphatic heterocycles. The summed E-state index contributed by atoms with van der Waals surface area (Å²) in [6, 6.07) is 7.91. The van der Waals surface area contributed by atoms with Crippen molar-refractivity contribution in [3.05, 3.63) is 29.8 Å². The lowest BCUT2D eigenvalue weighted by molar-refractivity contribution is -0.159. The molecule has 0 saturated carbocycles. The smallest absolute Gasteiger partial charge is 0.309 e. The standard InChI is InChI=1S/C17H26O3/c1-6-11-19-15-9-7-14(8-10-15)12-13(2)16(18)20-17(3,4)5/h7-10,13H,6,11-12H2,1-5H3/t13-/m0/s1. The van der Waals surface area contributed by atoms with Gasteiger partial charge in [-0.2, -0.15) is 0 Å². The van der Waals surface area contributed by atoms with E-state index in [9.17, 15) is 4.79 Å². The Morgan fingerprint density at radius 1 is 1.20 bits per heavy atom. The molecular formula is C17H26O3. The zero-order valence-corrected chi connectivity index (χ0v) is 13.2. The molecule has 0 aliphatic carbocycles. The van der Waals surface area contributed by atoms with Crippen molar-refractivity contribution in [2.45, 2.75) is 53.1 Å². The van der Waals surface area contributed by atoms with Crippen LogP contribution in [0.5, 0.6) is 5.75 Å². The van der Waals surface area contributed by atoms with Crippen molar-refractivity contribution >= 4 is 5.97 Å². The second-order valence-corrected chi connectivity index (χ2v) is 6.13. The van der Waals surface area contributed by atoms with E-state index in [2.05, 4.69) is 6.92 Å². The first-order valence-corrected chi connectivity index (χ1v) is 7.26. The monoisotopic (exact) mass is 278 g/mol. The van der Waals surface area contributed by atoms with Crippen LogP contribution in [0, 0.1) is 5.92 Å². The molecule has 1 rings (SSSR count). The van der Waals surface area contributed by atoms with E-state index in [0.717, 1.165) is 24.3 Å². The number of esters is 1. The van der Waals surface area contributed by atoms with E-state index in [0.29, 0.717) is 6.42 Å². The highest BCUT2D eigenvalue weighted by molar-refractivity contribution is 5.72. The van der Waals surface area contributed by atoms with Crippen molar-refractivity contribution in [1.29, 1.82) is 0 Å². The first-order valence-electron chi connectivity index (χ1n) is 7.26. The largest absolute Gasteiger partial charge is 0.494 e. The minimum absolute atomic E-state index is 0.142. The van der Waals surface area contributed by atoms with Crippen molar-refractivity contribution in [3.8, 4) is 5.75 Å². The molecule has 0 amide bonds. The third-order valence-corrected chi connectivity index (χ3v) is 2.75. The number of carbonyl (C=O) groups excluding carboxylic acids is 1. The number of hydrogen-bond acceptors (Lipinski definition) is 3. The van der Waals surface area contributed by atoms with Crippen LogP contribution in [0.25, 0.3) is 0 Å². The molecule has 0 aromatic heterocycles. The van der Waals surface area contributed by atoms with Gasteiger partial charge in [0.2, 0.25) is 0 Å². The summed E-state index contributed by atoms with van der Waals surface area (Å²) in [4.78, 5) is 11.9. The molecule has 0 bridgehead atoms. The summed E-state index contributed by atoms with van der Waals surface area (Å²) in [6.07, 6.45) is 1.68. The molecule has 0 N–H and O–H groups in total. The van der Waals surface area contributed by atoms with E-state index < -0.39 is 5.60 Å². The molecule has 1 aromatic rings. The minimum atomic E-state index is -0.427. The normalized spacial score (nSPS) is 12.8. The highest BCUT2D eigenvalue weighted by atomic mass is 16.6. The Morgan fingerprint density at radius 3 is 2.30 bits per heavy atom. The van der Waals surface area contributed by atoms with Crippen LogP contribution in [0.15, 0.2) is 24.3 Å². The number of ether oxygens (including phenoxy) is 2. The number of hydrogen-bond donors (Lipinski definition) is 0. The predicted molar refractivity (Wildman–Crippen MR) is 80.9 cm³/mol. The lowest BCUT2D eigenvalue weighted by Gasteiger charge is -2.22. The Balaban J connectivity index is 2.53. The fourth-order valence-corrected chi connectivity index (χ4v) is 1.78. The van der Waals surface area contributed by atoms with Gasteiger partial charge in [0.15, 0.2) is 0 Å². The van der Waals surface area contributed by atoms with E-state index in [1.165, 1.54) is 0 Å². The third kappa shape index (κ3) is 6.09. The van der Waals surface area contributed by atoms with Gasteiger partial charge >= 0.3 is 5.97 Å². The molecule has 0 aliphatic rings. The predicted octanol–water partition coefficient (Wildman–Crippen LogP) is 4.00. The topological polar surface area (TPSA) is 35.5 Å². The Kier molecular flexibility index (Phi) is 6.05. The zero-order valence-electron chi connectivity index (χ0n) is 13.2. The molecule has 0 fully saturated rings. The summed E-state index contributed by atoms with van der Waals surface area (Å²) in [6.45, 7) is 10.4. The molecule has 1 atom stereocenters. The Bertz CT molecular complexity index is 415. The summed E-state index contributed by atoms with van der Waals surface area (Å²) >= 11 is 0. The number of rotatable bonds is 6. The van der Waals surface area contributed by atoms with E-state index in [4.69, 9.17) is 9.47 Å². The Labute approximate surface area is 122 Å². The van der Waals surface area contributed by atoms with Gasteiger partial charge in [-0.25, -0.2) is 0 Å². The SMILES string of the molecule is CCCOc1ccc(C[C@H](C)C(=O)OC(C)(C)C)cc1. The van der Waals surface area contributed by atoms with Gasteiger partial charge in [-0.15, -0.1) is 0 Å². The zero-order chi connectivity index (χ0) is 15.2. The summed E-state index contributed by atoms with van der Waals surface area (Å²) in [5, 5.41) is 0. The fourth-order valence-electron chi connectivity index (χ4n) is 1.78. The summed E-state index contributed by atoms with van der Waals surface area (Å²) < 4.78 is 10.9. The molecule has 0 spiro atoms. The van der Waals surface area contributed by atoms with Gasteiger partial charge in [0.05, 0.1) is 12.5 Å². The average molecular weight is 278 g/mol. The van der Waals surface area contributed by atoms with Crippen LogP contribution in [0.3, 0.4) is 0 Å². The molecule has 112 valence electrons. The van der Waals surface area contributed by atoms with Crippen molar-refractivity contribution in [2.24, 2.45) is 5.92 Å². The van der Waals surface area contributed by atoms with Crippen molar-refractivity contribution in [1.82, 2.24) is 0 Å². The second-order valence-electron chi connectivity index (χ2n) is 6.13. The van der Waals surface area contributed by atoms with Crippen LogP contribution >= 0.6 is 0 Å². The van der Waals surface area contributed by atoms with Gasteiger partial charge in [-0.05, 0) is 51.3 Å². The van der Waals surface area contributed by atoms with Crippen molar-refractivity contribution in [2.75, 3.05) is 6.61 Å². The van der Waals surface area contributed by atoms with Crippen LogP contribution in [0.2, 0.25) is 0 Å². The van der Waals surface area contributed by atoms with E-state index in [1.54, 1.807) is 0 Å². The maximum absolute atomic E-state index is 11.9. The van der Waals surface area contributed by atoms with Gasteiger partial charge in [0, 0.05) is 0 Å². The third-order valence-electron chi connectivity index (χ3n) is 2.75. The Hall–Kier alpha value is -1.51. The van der Waals surface area contributed by atoms with E-state index >= 15 is 0 Å². The molecule has 0 heterocycles. The fraction of sp³-hybridized carbons (Fsp3) is 0.588. The maximum Gasteiger partial charge on any atom is 0.309 e. The summed E-state index contributed by atoms with van der Waals surface area (Å²) in [5.41, 5.74) is 0.690. The highest BCUT2D eigenvalue weighted by Gasteiger charge is 2.21. The van der Waals surface area contributed by atoms with Gasteiger partial charge < -0.3 is 9.47 Å². The van der Waals surface area contributed by atoms with Crippen LogP contribution in [-0.2, 0) is 16.0 Å². The summed E-state index contributed by atoms with van der Waals surface area (Å²) in [7, 11) is 0. The molecular weight excluding hydrogens is 252 g/mol. The van der Waals surface area contributed by atoms with Gasteiger partial charge in [0.25, 0.3) is 0 Å². The number of carbonyl (C=O) groups is 1. The van der Waals surface area contributed by atoms with Gasteiger partial charge in [-0.1, -0.05) is 26.0 Å². The van der Waals surface area contributed by atoms with Crippen LogP contribution in [0.1, 0.15) is 46.6 Å². The first-order chi connectivity index (χ1) is 9.31. The second kappa shape index (κ2) is 7.32. The molecule has 3 heteroatoms. The quantitative estimate of drug-likeness (QED) is 0.738. The molecule has 0 radical (unpaired) electrons. The lowest BCUT2D eigenvalue weighted by Crippen LogP contribution is -2.28. The van der Waals surface area contributed by atoms with Crippen LogP contribution in [0.4, 0.5) is 0 Å². The molecule has 20 heavy (non-hydrogen) atoms. The van der Waals surface area contributed by atoms with Crippen LogP contribution in [-0.4, -0.2) is 18.2 Å². The van der Waals surface area contributed by atoms with Crippen molar-refractivity contribution in [3.63, 3.8) is 0 Å². The maximum atomic E-state index is 11.9. The molecule has 3 nitrogen and oxygen atoms in total. The summed E-state index contributed by atoms with van der Waals surface area (Å²) in [5.74, 6) is 0.584.